The number of carbonyl (C=O) groups excluding carboxylic acids is 1. The SMILES string of the molecule is COc1cc2nccc(Oc3ccc(CC(=O)c4cn(C)c(C)c(-c5ccc(F)cc5)c4=O)cc3)c2nc1OC. The summed E-state index contributed by atoms with van der Waals surface area (Å²) in [5.74, 6) is 1.07. The van der Waals surface area contributed by atoms with Crippen molar-refractivity contribution in [2.24, 2.45) is 7.05 Å². The molecule has 0 bridgehead atoms. The van der Waals surface area contributed by atoms with Gasteiger partial charge >= 0.3 is 0 Å². The van der Waals surface area contributed by atoms with E-state index in [1.807, 2.05) is 0 Å². The predicted octanol–water partition coefficient (Wildman–Crippen LogP) is 5.68. The van der Waals surface area contributed by atoms with E-state index < -0.39 is 5.82 Å². The average Bonchev–Trinajstić information content (AvgIpc) is 2.96. The first-order valence-electron chi connectivity index (χ1n) is 12.4. The van der Waals surface area contributed by atoms with Crippen LogP contribution < -0.4 is 19.6 Å². The molecule has 9 heteroatoms. The molecule has 0 atom stereocenters. The Morgan fingerprint density at radius 1 is 0.975 bits per heavy atom. The van der Waals surface area contributed by atoms with Crippen molar-refractivity contribution in [2.75, 3.05) is 14.2 Å². The van der Waals surface area contributed by atoms with E-state index in [2.05, 4.69) is 9.97 Å². The normalized spacial score (nSPS) is 10.9. The zero-order valence-corrected chi connectivity index (χ0v) is 22.4. The van der Waals surface area contributed by atoms with Crippen molar-refractivity contribution in [3.8, 4) is 34.3 Å². The molecule has 5 aromatic rings. The van der Waals surface area contributed by atoms with Crippen LogP contribution in [0.4, 0.5) is 4.39 Å². The number of pyridine rings is 3. The zero-order chi connectivity index (χ0) is 28.4. The minimum atomic E-state index is -0.397. The molecule has 8 nitrogen and oxygen atoms in total. The molecule has 0 amide bonds. The highest BCUT2D eigenvalue weighted by molar-refractivity contribution is 5.98. The Hall–Kier alpha value is -5.05. The Kier molecular flexibility index (Phi) is 7.29. The Labute approximate surface area is 229 Å². The zero-order valence-electron chi connectivity index (χ0n) is 22.4. The van der Waals surface area contributed by atoms with Crippen molar-refractivity contribution >= 4 is 16.8 Å². The second-order valence-electron chi connectivity index (χ2n) is 9.17. The number of ketones is 1. The minimum Gasteiger partial charge on any atom is -0.491 e. The Morgan fingerprint density at radius 2 is 1.70 bits per heavy atom. The van der Waals surface area contributed by atoms with Gasteiger partial charge in [0.1, 0.15) is 17.1 Å². The smallest absolute Gasteiger partial charge is 0.257 e. The molecule has 3 heterocycles. The maximum absolute atomic E-state index is 13.4. The van der Waals surface area contributed by atoms with Gasteiger partial charge in [-0.25, -0.2) is 9.37 Å². The number of fused-ring (bicyclic) bond motifs is 1. The molecule has 0 fully saturated rings. The Balaban J connectivity index is 1.38. The van der Waals surface area contributed by atoms with E-state index in [1.54, 1.807) is 79.5 Å². The van der Waals surface area contributed by atoms with Crippen molar-refractivity contribution in [3.05, 3.63) is 106 Å². The molecular weight excluding hydrogens is 513 g/mol. The average molecular weight is 540 g/mol. The summed E-state index contributed by atoms with van der Waals surface area (Å²) in [5, 5.41) is 0. The maximum Gasteiger partial charge on any atom is 0.257 e. The fraction of sp³-hybridized carbons (Fsp3) is 0.161. The number of methoxy groups -OCH3 is 2. The largest absolute Gasteiger partial charge is 0.491 e. The van der Waals surface area contributed by atoms with Crippen molar-refractivity contribution in [1.29, 1.82) is 0 Å². The van der Waals surface area contributed by atoms with E-state index in [9.17, 15) is 14.0 Å². The van der Waals surface area contributed by atoms with Gasteiger partial charge in [0.2, 0.25) is 0 Å². The molecule has 40 heavy (non-hydrogen) atoms. The van der Waals surface area contributed by atoms with Gasteiger partial charge in [-0.1, -0.05) is 24.3 Å². The monoisotopic (exact) mass is 539 g/mol. The van der Waals surface area contributed by atoms with Crippen LogP contribution >= 0.6 is 0 Å². The molecule has 0 aliphatic heterocycles. The molecule has 202 valence electrons. The number of nitrogens with zero attached hydrogens (tertiary/aromatic N) is 3. The summed E-state index contributed by atoms with van der Waals surface area (Å²) in [6.07, 6.45) is 3.19. The van der Waals surface area contributed by atoms with Gasteiger partial charge in [0.05, 0.1) is 25.3 Å². The van der Waals surface area contributed by atoms with Crippen LogP contribution in [0.1, 0.15) is 21.6 Å². The number of aryl methyl sites for hydroxylation is 1. The topological polar surface area (TPSA) is 92.5 Å². The van der Waals surface area contributed by atoms with Crippen LogP contribution in [0.3, 0.4) is 0 Å². The van der Waals surface area contributed by atoms with Gasteiger partial charge in [0, 0.05) is 49.3 Å². The second-order valence-corrected chi connectivity index (χ2v) is 9.17. The van der Waals surface area contributed by atoms with E-state index in [1.165, 1.54) is 26.4 Å². The van der Waals surface area contributed by atoms with Gasteiger partial charge in [-0.05, 0) is 42.3 Å². The standard InChI is InChI=1S/C31H26FN3O5/c1-18-28(20-7-9-21(32)10-8-20)30(37)23(17-35(18)2)25(36)15-19-5-11-22(12-6-19)40-26-13-14-33-24-16-27(38-3)31(39-4)34-29(24)26/h5-14,16-17H,15H2,1-4H3. The molecule has 0 unspecified atom stereocenters. The van der Waals surface area contributed by atoms with Crippen molar-refractivity contribution in [1.82, 2.24) is 14.5 Å². The molecule has 5 rings (SSSR count). The van der Waals surface area contributed by atoms with Crippen molar-refractivity contribution < 1.29 is 23.4 Å². The molecule has 0 radical (unpaired) electrons. The molecule has 0 N–H and O–H groups in total. The molecular formula is C31H26FN3O5. The summed E-state index contributed by atoms with van der Waals surface area (Å²) in [6.45, 7) is 1.79. The van der Waals surface area contributed by atoms with Gasteiger partial charge in [0.25, 0.3) is 5.88 Å². The Morgan fingerprint density at radius 3 is 2.38 bits per heavy atom. The number of hydrogen-bond acceptors (Lipinski definition) is 7. The lowest BCUT2D eigenvalue weighted by molar-refractivity contribution is 0.0991. The van der Waals surface area contributed by atoms with Gasteiger partial charge in [-0.2, -0.15) is 0 Å². The van der Waals surface area contributed by atoms with Crippen LogP contribution in [0.5, 0.6) is 23.1 Å². The number of hydrogen-bond donors (Lipinski definition) is 0. The van der Waals surface area contributed by atoms with Crippen LogP contribution in [-0.2, 0) is 13.5 Å². The third-order valence-corrected chi connectivity index (χ3v) is 6.66. The highest BCUT2D eigenvalue weighted by Crippen LogP contribution is 2.34. The summed E-state index contributed by atoms with van der Waals surface area (Å²) in [5.41, 5.74) is 3.12. The first-order chi connectivity index (χ1) is 19.3. The molecule has 3 aromatic heterocycles. The number of ether oxygens (including phenoxy) is 3. The summed E-state index contributed by atoms with van der Waals surface area (Å²) in [6, 6.07) is 16.1. The molecule has 2 aromatic carbocycles. The predicted molar refractivity (Wildman–Crippen MR) is 149 cm³/mol. The van der Waals surface area contributed by atoms with Crippen LogP contribution in [0.25, 0.3) is 22.2 Å². The highest BCUT2D eigenvalue weighted by Gasteiger charge is 2.19. The van der Waals surface area contributed by atoms with Crippen LogP contribution in [0, 0.1) is 12.7 Å². The summed E-state index contributed by atoms with van der Waals surface area (Å²) >= 11 is 0. The van der Waals surface area contributed by atoms with E-state index in [-0.39, 0.29) is 23.2 Å². The maximum atomic E-state index is 13.4. The summed E-state index contributed by atoms with van der Waals surface area (Å²) in [7, 11) is 4.80. The van der Waals surface area contributed by atoms with Crippen molar-refractivity contribution in [3.63, 3.8) is 0 Å². The highest BCUT2D eigenvalue weighted by atomic mass is 19.1. The number of halogens is 1. The number of Topliss-reactive ketones (excluding diaryl/α,β-unsaturated/α-hetero) is 1. The molecule has 0 aliphatic carbocycles. The second kappa shape index (κ2) is 11.0. The van der Waals surface area contributed by atoms with Crippen molar-refractivity contribution in [2.45, 2.75) is 13.3 Å². The lowest BCUT2D eigenvalue weighted by Crippen LogP contribution is -2.22. The van der Waals surface area contributed by atoms with Gasteiger partial charge < -0.3 is 18.8 Å². The molecule has 0 saturated carbocycles. The number of rotatable bonds is 8. The first kappa shape index (κ1) is 26.6. The van der Waals surface area contributed by atoms with Gasteiger partial charge in [-0.3, -0.25) is 14.6 Å². The number of carbonyl (C=O) groups is 1. The first-order valence-corrected chi connectivity index (χ1v) is 12.4. The van der Waals surface area contributed by atoms with Gasteiger partial charge in [-0.15, -0.1) is 0 Å². The summed E-state index contributed by atoms with van der Waals surface area (Å²) in [4.78, 5) is 35.4. The summed E-state index contributed by atoms with van der Waals surface area (Å²) < 4.78 is 31.9. The number of benzene rings is 2. The lowest BCUT2D eigenvalue weighted by atomic mass is 9.97. The third-order valence-electron chi connectivity index (χ3n) is 6.66. The quantitative estimate of drug-likeness (QED) is 0.234. The van der Waals surface area contributed by atoms with Crippen LogP contribution in [0.2, 0.25) is 0 Å². The van der Waals surface area contributed by atoms with Crippen LogP contribution in [0.15, 0.2) is 77.9 Å². The Bertz CT molecular complexity index is 1780. The molecule has 0 aliphatic rings. The van der Waals surface area contributed by atoms with E-state index >= 15 is 0 Å². The fourth-order valence-electron chi connectivity index (χ4n) is 4.45. The van der Waals surface area contributed by atoms with E-state index in [0.717, 1.165) is 0 Å². The lowest BCUT2D eigenvalue weighted by Gasteiger charge is -2.13. The van der Waals surface area contributed by atoms with Gasteiger partial charge in [0.15, 0.2) is 22.7 Å². The third kappa shape index (κ3) is 5.13. The fourth-order valence-corrected chi connectivity index (χ4v) is 4.45. The number of aromatic nitrogens is 3. The molecule has 0 spiro atoms. The van der Waals surface area contributed by atoms with E-state index in [4.69, 9.17) is 14.2 Å². The van der Waals surface area contributed by atoms with E-state index in [0.29, 0.717) is 56.5 Å². The minimum absolute atomic E-state index is 0.0260. The molecule has 0 saturated heterocycles. The van der Waals surface area contributed by atoms with Crippen LogP contribution in [-0.4, -0.2) is 34.5 Å².